The van der Waals surface area contributed by atoms with Gasteiger partial charge in [-0.15, -0.1) is 0 Å². The Labute approximate surface area is 123 Å². The predicted molar refractivity (Wildman–Crippen MR) is 80.0 cm³/mol. The molecule has 1 amide bonds. The molecule has 1 saturated heterocycles. The highest BCUT2D eigenvalue weighted by atomic mass is 35.5. The number of nitrogens with one attached hydrogen (secondary N) is 1. The Balaban J connectivity index is 1.86. The average Bonchev–Trinajstić information content (AvgIpc) is 2.69. The summed E-state index contributed by atoms with van der Waals surface area (Å²) in [6, 6.07) is 5.28. The number of hydrogen-bond donors (Lipinski definition) is 1. The van der Waals surface area contributed by atoms with Crippen LogP contribution >= 0.6 is 23.2 Å². The molecular formula is C14H18Cl2N2O. The highest BCUT2D eigenvalue weighted by Gasteiger charge is 2.14. The van der Waals surface area contributed by atoms with Gasteiger partial charge in [-0.3, -0.25) is 4.79 Å². The molecule has 0 saturated carbocycles. The maximum absolute atomic E-state index is 12.1. The standard InChI is InChI=1S/C14H18Cl2N2O/c15-12-6-5-11(9-13(12)16)17-10-14(19)18-7-3-1-2-4-8-18/h5-6,9,17H,1-4,7-8,10H2. The van der Waals surface area contributed by atoms with Gasteiger partial charge in [0.05, 0.1) is 16.6 Å². The fourth-order valence-corrected chi connectivity index (χ4v) is 2.51. The number of benzene rings is 1. The lowest BCUT2D eigenvalue weighted by Crippen LogP contribution is -2.36. The topological polar surface area (TPSA) is 32.3 Å². The molecule has 3 nitrogen and oxygen atoms in total. The summed E-state index contributed by atoms with van der Waals surface area (Å²) < 4.78 is 0. The quantitative estimate of drug-likeness (QED) is 0.920. The summed E-state index contributed by atoms with van der Waals surface area (Å²) in [6.07, 6.45) is 4.67. The van der Waals surface area contributed by atoms with Crippen molar-refractivity contribution in [3.63, 3.8) is 0 Å². The van der Waals surface area contributed by atoms with E-state index < -0.39 is 0 Å². The lowest BCUT2D eigenvalue weighted by molar-refractivity contribution is -0.129. The van der Waals surface area contributed by atoms with E-state index in [4.69, 9.17) is 23.2 Å². The van der Waals surface area contributed by atoms with Crippen molar-refractivity contribution in [2.75, 3.05) is 25.0 Å². The number of carbonyl (C=O) groups is 1. The van der Waals surface area contributed by atoms with Gasteiger partial charge in [-0.25, -0.2) is 0 Å². The summed E-state index contributed by atoms with van der Waals surface area (Å²) in [5, 5.41) is 4.11. The summed E-state index contributed by atoms with van der Waals surface area (Å²) in [6.45, 7) is 2.06. The summed E-state index contributed by atoms with van der Waals surface area (Å²) in [5.41, 5.74) is 0.817. The molecule has 0 aliphatic carbocycles. The molecule has 1 aromatic rings. The molecule has 0 radical (unpaired) electrons. The number of anilines is 1. The smallest absolute Gasteiger partial charge is 0.241 e. The first-order valence-electron chi connectivity index (χ1n) is 6.63. The normalized spacial score (nSPS) is 16.0. The van der Waals surface area contributed by atoms with Crippen LogP contribution in [0.15, 0.2) is 18.2 Å². The Morgan fingerprint density at radius 3 is 2.42 bits per heavy atom. The van der Waals surface area contributed by atoms with Crippen molar-refractivity contribution < 1.29 is 4.79 Å². The van der Waals surface area contributed by atoms with E-state index in [0.717, 1.165) is 31.6 Å². The third-order valence-electron chi connectivity index (χ3n) is 3.32. The zero-order valence-electron chi connectivity index (χ0n) is 10.8. The van der Waals surface area contributed by atoms with Crippen LogP contribution in [0.5, 0.6) is 0 Å². The van der Waals surface area contributed by atoms with Gasteiger partial charge >= 0.3 is 0 Å². The molecule has 2 rings (SSSR count). The first kappa shape index (κ1) is 14.5. The maximum atomic E-state index is 12.1. The lowest BCUT2D eigenvalue weighted by atomic mass is 10.2. The van der Waals surface area contributed by atoms with Crippen LogP contribution in [0.4, 0.5) is 5.69 Å². The summed E-state index contributed by atoms with van der Waals surface area (Å²) in [7, 11) is 0. The van der Waals surface area contributed by atoms with Crippen molar-refractivity contribution in [3.05, 3.63) is 28.2 Å². The molecule has 1 heterocycles. The molecule has 0 spiro atoms. The molecule has 1 aliphatic rings. The predicted octanol–water partition coefficient (Wildman–Crippen LogP) is 3.81. The first-order chi connectivity index (χ1) is 9.16. The van der Waals surface area contributed by atoms with Crippen LogP contribution in [0.2, 0.25) is 10.0 Å². The third kappa shape index (κ3) is 4.29. The minimum Gasteiger partial charge on any atom is -0.376 e. The van der Waals surface area contributed by atoms with E-state index in [1.165, 1.54) is 12.8 Å². The van der Waals surface area contributed by atoms with E-state index in [1.807, 2.05) is 11.0 Å². The molecule has 5 heteroatoms. The molecule has 104 valence electrons. The second-order valence-electron chi connectivity index (χ2n) is 4.78. The van der Waals surface area contributed by atoms with Gasteiger partial charge in [-0.1, -0.05) is 36.0 Å². The van der Waals surface area contributed by atoms with Crippen LogP contribution in [-0.2, 0) is 4.79 Å². The largest absolute Gasteiger partial charge is 0.376 e. The molecule has 1 aromatic carbocycles. The number of rotatable bonds is 3. The number of amides is 1. The molecule has 1 aliphatic heterocycles. The average molecular weight is 301 g/mol. The van der Waals surface area contributed by atoms with Gasteiger partial charge in [0.2, 0.25) is 5.91 Å². The van der Waals surface area contributed by atoms with E-state index in [9.17, 15) is 4.79 Å². The molecule has 1 N–H and O–H groups in total. The van der Waals surface area contributed by atoms with Crippen LogP contribution < -0.4 is 5.32 Å². The van der Waals surface area contributed by atoms with Crippen molar-refractivity contribution >= 4 is 34.8 Å². The lowest BCUT2D eigenvalue weighted by Gasteiger charge is -2.20. The van der Waals surface area contributed by atoms with Gasteiger partial charge in [0.1, 0.15) is 0 Å². The van der Waals surface area contributed by atoms with Crippen molar-refractivity contribution in [2.24, 2.45) is 0 Å². The maximum Gasteiger partial charge on any atom is 0.241 e. The van der Waals surface area contributed by atoms with Crippen LogP contribution in [0.1, 0.15) is 25.7 Å². The highest BCUT2D eigenvalue weighted by molar-refractivity contribution is 6.42. The Morgan fingerprint density at radius 1 is 1.11 bits per heavy atom. The number of likely N-dealkylation sites (tertiary alicyclic amines) is 1. The van der Waals surface area contributed by atoms with Crippen LogP contribution in [-0.4, -0.2) is 30.4 Å². The van der Waals surface area contributed by atoms with Crippen molar-refractivity contribution in [1.29, 1.82) is 0 Å². The Morgan fingerprint density at radius 2 is 1.79 bits per heavy atom. The number of nitrogens with zero attached hydrogens (tertiary/aromatic N) is 1. The van der Waals surface area contributed by atoms with Gasteiger partial charge in [0.15, 0.2) is 0 Å². The number of carbonyl (C=O) groups excluding carboxylic acids is 1. The first-order valence-corrected chi connectivity index (χ1v) is 7.39. The van der Waals surface area contributed by atoms with Gasteiger partial charge in [-0.05, 0) is 31.0 Å². The molecular weight excluding hydrogens is 283 g/mol. The van der Waals surface area contributed by atoms with Gasteiger partial charge < -0.3 is 10.2 Å². The van der Waals surface area contributed by atoms with Gasteiger partial charge in [0, 0.05) is 18.8 Å². The molecule has 19 heavy (non-hydrogen) atoms. The monoisotopic (exact) mass is 300 g/mol. The Bertz CT molecular complexity index is 443. The van der Waals surface area contributed by atoms with Crippen molar-refractivity contribution in [3.8, 4) is 0 Å². The van der Waals surface area contributed by atoms with E-state index >= 15 is 0 Å². The number of halogens is 2. The molecule has 0 unspecified atom stereocenters. The van der Waals surface area contributed by atoms with E-state index in [-0.39, 0.29) is 5.91 Å². The SMILES string of the molecule is O=C(CNc1ccc(Cl)c(Cl)c1)N1CCCCCC1. The summed E-state index contributed by atoms with van der Waals surface area (Å²) >= 11 is 11.8. The van der Waals surface area contributed by atoms with Gasteiger partial charge in [-0.2, -0.15) is 0 Å². The minimum atomic E-state index is 0.146. The van der Waals surface area contributed by atoms with E-state index in [0.29, 0.717) is 16.6 Å². The number of hydrogen-bond acceptors (Lipinski definition) is 2. The molecule has 0 bridgehead atoms. The van der Waals surface area contributed by atoms with Crippen LogP contribution in [0.25, 0.3) is 0 Å². The zero-order valence-corrected chi connectivity index (χ0v) is 12.3. The Hall–Kier alpha value is -0.930. The van der Waals surface area contributed by atoms with Crippen molar-refractivity contribution in [1.82, 2.24) is 4.90 Å². The van der Waals surface area contributed by atoms with E-state index in [1.54, 1.807) is 12.1 Å². The zero-order chi connectivity index (χ0) is 13.7. The van der Waals surface area contributed by atoms with Crippen LogP contribution in [0.3, 0.4) is 0 Å². The third-order valence-corrected chi connectivity index (χ3v) is 4.06. The molecule has 1 fully saturated rings. The van der Waals surface area contributed by atoms with E-state index in [2.05, 4.69) is 5.32 Å². The Kier molecular flexibility index (Phi) is 5.34. The summed E-state index contributed by atoms with van der Waals surface area (Å²) in [4.78, 5) is 14.0. The fourth-order valence-electron chi connectivity index (χ4n) is 2.22. The second kappa shape index (κ2) is 7.01. The van der Waals surface area contributed by atoms with Crippen molar-refractivity contribution in [2.45, 2.75) is 25.7 Å². The molecule has 0 atom stereocenters. The summed E-state index contributed by atoms with van der Waals surface area (Å²) in [5.74, 6) is 0.146. The minimum absolute atomic E-state index is 0.146. The van der Waals surface area contributed by atoms with Crippen LogP contribution in [0, 0.1) is 0 Å². The highest BCUT2D eigenvalue weighted by Crippen LogP contribution is 2.24. The van der Waals surface area contributed by atoms with Gasteiger partial charge in [0.25, 0.3) is 0 Å². The second-order valence-corrected chi connectivity index (χ2v) is 5.59. The molecule has 0 aromatic heterocycles. The fraction of sp³-hybridized carbons (Fsp3) is 0.500.